The Kier molecular flexibility index (Phi) is 11.9. The number of esters is 1. The Morgan fingerprint density at radius 3 is 2.11 bits per heavy atom. The molecule has 0 amide bonds. The lowest BCUT2D eigenvalue weighted by Gasteiger charge is -2.25. The molecule has 0 N–H and O–H groups in total. The number of ether oxygens (including phenoxy) is 2. The van der Waals surface area contributed by atoms with E-state index in [1.807, 2.05) is 57.2 Å². The molecule has 0 bridgehead atoms. The Balaban J connectivity index is 2.33. The van der Waals surface area contributed by atoms with E-state index in [4.69, 9.17) is 9.47 Å². The van der Waals surface area contributed by atoms with Crippen molar-refractivity contribution < 1.29 is 19.1 Å². The van der Waals surface area contributed by atoms with Crippen LogP contribution in [0.3, 0.4) is 0 Å². The highest BCUT2D eigenvalue weighted by Gasteiger charge is 2.36. The normalized spacial score (nSPS) is 13.7. The first kappa shape index (κ1) is 29.0. The average Bonchev–Trinajstić information content (AvgIpc) is 2.84. The van der Waals surface area contributed by atoms with Crippen molar-refractivity contribution >= 4 is 23.5 Å². The van der Waals surface area contributed by atoms with Crippen molar-refractivity contribution in [1.82, 2.24) is 0 Å². The molecule has 0 saturated heterocycles. The highest BCUT2D eigenvalue weighted by molar-refractivity contribution is 7.99. The number of ketones is 1. The van der Waals surface area contributed by atoms with Crippen LogP contribution in [0.1, 0.15) is 79.7 Å². The Labute approximate surface area is 216 Å². The zero-order valence-corrected chi connectivity index (χ0v) is 23.3. The minimum absolute atomic E-state index is 0.0480. The first-order valence-electron chi connectivity index (χ1n) is 12.7. The zero-order chi connectivity index (χ0) is 26.0. The molecular formula is C30H42O4S. The minimum Gasteiger partial charge on any atom is -0.497 e. The van der Waals surface area contributed by atoms with Gasteiger partial charge in [0.05, 0.1) is 19.5 Å². The van der Waals surface area contributed by atoms with E-state index in [2.05, 4.69) is 13.8 Å². The van der Waals surface area contributed by atoms with Crippen LogP contribution < -0.4 is 4.74 Å². The second-order valence-electron chi connectivity index (χ2n) is 9.64. The number of hydrogen-bond donors (Lipinski definition) is 0. The van der Waals surface area contributed by atoms with Gasteiger partial charge in [-0.1, -0.05) is 62.9 Å². The summed E-state index contributed by atoms with van der Waals surface area (Å²) in [6.45, 7) is 10.5. The molecule has 3 unspecified atom stereocenters. The quantitative estimate of drug-likeness (QED) is 0.201. The molecule has 0 heterocycles. The van der Waals surface area contributed by atoms with Crippen molar-refractivity contribution in [3.63, 3.8) is 0 Å². The highest BCUT2D eigenvalue weighted by atomic mass is 32.2. The third kappa shape index (κ3) is 8.42. The average molecular weight is 499 g/mol. The Morgan fingerprint density at radius 2 is 1.57 bits per heavy atom. The van der Waals surface area contributed by atoms with Crippen molar-refractivity contribution in [3.8, 4) is 5.75 Å². The van der Waals surface area contributed by atoms with Gasteiger partial charge in [0.25, 0.3) is 0 Å². The smallest absolute Gasteiger partial charge is 0.320 e. The molecule has 0 saturated carbocycles. The van der Waals surface area contributed by atoms with Gasteiger partial charge in [-0.3, -0.25) is 9.59 Å². The summed E-state index contributed by atoms with van der Waals surface area (Å²) in [5.74, 6) is 0.634. The fourth-order valence-electron chi connectivity index (χ4n) is 4.69. The van der Waals surface area contributed by atoms with Crippen LogP contribution in [0.4, 0.5) is 0 Å². The first-order chi connectivity index (χ1) is 16.7. The highest BCUT2D eigenvalue weighted by Crippen LogP contribution is 2.34. The van der Waals surface area contributed by atoms with Gasteiger partial charge >= 0.3 is 5.97 Å². The number of methoxy groups -OCH3 is 2. The second kappa shape index (κ2) is 14.3. The van der Waals surface area contributed by atoms with Crippen LogP contribution in [0.2, 0.25) is 0 Å². The lowest BCUT2D eigenvalue weighted by molar-refractivity contribution is -0.145. The fourth-order valence-corrected chi connectivity index (χ4v) is 5.87. The summed E-state index contributed by atoms with van der Waals surface area (Å²) in [5.41, 5.74) is 4.96. The molecule has 0 radical (unpaired) electrons. The number of carbonyl (C=O) groups excluding carboxylic acids is 2. The van der Waals surface area contributed by atoms with Crippen LogP contribution in [0, 0.1) is 26.7 Å². The van der Waals surface area contributed by atoms with E-state index in [-0.39, 0.29) is 11.0 Å². The predicted molar refractivity (Wildman–Crippen MR) is 146 cm³/mol. The van der Waals surface area contributed by atoms with Gasteiger partial charge in [-0.05, 0) is 73.9 Å². The van der Waals surface area contributed by atoms with Gasteiger partial charge in [0.15, 0.2) is 5.78 Å². The summed E-state index contributed by atoms with van der Waals surface area (Å²) < 4.78 is 10.4. The molecule has 5 heteroatoms. The number of carbonyl (C=O) groups is 2. The van der Waals surface area contributed by atoms with E-state index >= 15 is 0 Å². The van der Waals surface area contributed by atoms with Crippen LogP contribution in [0.15, 0.2) is 36.4 Å². The molecule has 35 heavy (non-hydrogen) atoms. The van der Waals surface area contributed by atoms with Crippen LogP contribution in [0.5, 0.6) is 5.75 Å². The summed E-state index contributed by atoms with van der Waals surface area (Å²) in [6, 6.07) is 12.0. The number of rotatable bonds is 14. The van der Waals surface area contributed by atoms with Gasteiger partial charge in [-0.15, -0.1) is 11.8 Å². The van der Waals surface area contributed by atoms with Crippen LogP contribution in [0.25, 0.3) is 0 Å². The van der Waals surface area contributed by atoms with Crippen LogP contribution in [-0.2, 0) is 20.1 Å². The zero-order valence-electron chi connectivity index (χ0n) is 22.5. The minimum atomic E-state index is -0.903. The summed E-state index contributed by atoms with van der Waals surface area (Å²) in [6.07, 6.45) is 5.26. The van der Waals surface area contributed by atoms with E-state index < -0.39 is 11.9 Å². The van der Waals surface area contributed by atoms with Gasteiger partial charge in [-0.25, -0.2) is 0 Å². The molecule has 4 nitrogen and oxygen atoms in total. The Morgan fingerprint density at radius 1 is 0.943 bits per heavy atom. The molecule has 3 atom stereocenters. The second-order valence-corrected chi connectivity index (χ2v) is 10.8. The van der Waals surface area contributed by atoms with Gasteiger partial charge in [0, 0.05) is 5.75 Å². The summed E-state index contributed by atoms with van der Waals surface area (Å²) in [5, 5.41) is -0.287. The Hall–Kier alpha value is -2.27. The molecule has 0 aliphatic rings. The van der Waals surface area contributed by atoms with E-state index in [0.717, 1.165) is 52.8 Å². The van der Waals surface area contributed by atoms with Crippen molar-refractivity contribution in [2.45, 2.75) is 83.6 Å². The SMILES string of the molecule is CCCCC(C)CCC(SCc1ccc(OC)cc1)C(=O)C(C(=O)OC)c1c(C)cc(C)cc1C. The van der Waals surface area contributed by atoms with Crippen molar-refractivity contribution in [1.29, 1.82) is 0 Å². The van der Waals surface area contributed by atoms with E-state index in [1.54, 1.807) is 18.9 Å². The van der Waals surface area contributed by atoms with Crippen molar-refractivity contribution in [3.05, 3.63) is 64.2 Å². The largest absolute Gasteiger partial charge is 0.497 e. The number of benzene rings is 2. The number of aryl methyl sites for hydroxylation is 3. The lowest BCUT2D eigenvalue weighted by Crippen LogP contribution is -2.32. The number of hydrogen-bond acceptors (Lipinski definition) is 5. The number of Topliss-reactive ketones (excluding diaryl/α,β-unsaturated/α-hetero) is 1. The molecular weight excluding hydrogens is 456 g/mol. The molecule has 0 fully saturated rings. The van der Waals surface area contributed by atoms with E-state index in [0.29, 0.717) is 11.7 Å². The summed E-state index contributed by atoms with van der Waals surface area (Å²) in [7, 11) is 3.02. The van der Waals surface area contributed by atoms with E-state index in [1.165, 1.54) is 20.0 Å². The van der Waals surface area contributed by atoms with E-state index in [9.17, 15) is 9.59 Å². The molecule has 0 spiro atoms. The topological polar surface area (TPSA) is 52.6 Å². The van der Waals surface area contributed by atoms with Crippen molar-refractivity contribution in [2.75, 3.05) is 14.2 Å². The third-order valence-corrected chi connectivity index (χ3v) is 8.02. The van der Waals surface area contributed by atoms with Gasteiger partial charge in [0.1, 0.15) is 11.7 Å². The molecule has 2 aromatic rings. The molecule has 192 valence electrons. The van der Waals surface area contributed by atoms with Gasteiger partial charge in [0.2, 0.25) is 0 Å². The third-order valence-electron chi connectivity index (χ3n) is 6.65. The van der Waals surface area contributed by atoms with Crippen LogP contribution >= 0.6 is 11.8 Å². The Bertz CT molecular complexity index is 944. The predicted octanol–water partition coefficient (Wildman–Crippen LogP) is 7.35. The molecule has 2 rings (SSSR count). The molecule has 0 aromatic heterocycles. The van der Waals surface area contributed by atoms with Gasteiger partial charge < -0.3 is 9.47 Å². The first-order valence-corrected chi connectivity index (χ1v) is 13.7. The maximum Gasteiger partial charge on any atom is 0.320 e. The van der Waals surface area contributed by atoms with Crippen molar-refractivity contribution in [2.24, 2.45) is 5.92 Å². The molecule has 0 aliphatic carbocycles. The van der Waals surface area contributed by atoms with Crippen LogP contribution in [-0.4, -0.2) is 31.2 Å². The number of thioether (sulfide) groups is 1. The molecule has 2 aromatic carbocycles. The summed E-state index contributed by atoms with van der Waals surface area (Å²) >= 11 is 1.63. The monoisotopic (exact) mass is 498 g/mol. The standard InChI is InChI=1S/C30H42O4S/c1-8-9-10-20(2)11-16-26(35-19-24-12-14-25(33-6)15-13-24)29(31)28(30(32)34-7)27-22(4)17-21(3)18-23(27)5/h12-15,17-18,20,26,28H,8-11,16,19H2,1-7H3. The maximum atomic E-state index is 14.0. The maximum absolute atomic E-state index is 14.0. The molecule has 0 aliphatic heterocycles. The lowest BCUT2D eigenvalue weighted by atomic mass is 9.84. The van der Waals surface area contributed by atoms with Gasteiger partial charge in [-0.2, -0.15) is 0 Å². The fraction of sp³-hybridized carbons (Fsp3) is 0.533. The summed E-state index contributed by atoms with van der Waals surface area (Å²) in [4.78, 5) is 27.0. The number of unbranched alkanes of at least 4 members (excludes halogenated alkanes) is 1.